The van der Waals surface area contributed by atoms with Crippen molar-refractivity contribution in [2.45, 2.75) is 17.5 Å². The largest absolute Gasteiger partial charge is 0.374 e. The van der Waals surface area contributed by atoms with Gasteiger partial charge in [0.1, 0.15) is 6.17 Å². The highest BCUT2D eigenvalue weighted by molar-refractivity contribution is 7.98. The Morgan fingerprint density at radius 1 is 1.39 bits per heavy atom. The Morgan fingerprint density at radius 3 is 2.84 bits per heavy atom. The summed E-state index contributed by atoms with van der Waals surface area (Å²) in [6, 6.07) is 5.45. The normalized spacial score (nSPS) is 18.0. The molecule has 3 heterocycles. The number of H-pyrrole nitrogens is 1. The lowest BCUT2D eigenvalue weighted by Crippen LogP contribution is -2.15. The zero-order valence-corrected chi connectivity index (χ0v) is 17.9. The van der Waals surface area contributed by atoms with Crippen LogP contribution in [0.2, 0.25) is 0 Å². The molecule has 1 fully saturated rings. The highest BCUT2D eigenvalue weighted by atomic mass is 32.2. The minimum atomic E-state index is -1.06. The van der Waals surface area contributed by atoms with Crippen LogP contribution in [0, 0.1) is 11.7 Å². The number of fused-ring (bicyclic) bond motifs is 2. The molecule has 5 rings (SSSR count). The standard InChI is InChI=1S/C21H20F2N6OS/c1-28(2)19-17(23)20(31-3)16(13-9-24-26-18(13)19)10-4-5-29-11(6-10)7-15(27-29)25-21(30)12-8-14(12)22/h4-7,9,12,14H,8H2,1-3H3,(H,24,26)(H,25,27,30)/t12-,14+/m1/s1. The molecule has 10 heteroatoms. The molecular formula is C21H20F2N6OS. The van der Waals surface area contributed by atoms with E-state index in [1.807, 2.05) is 18.4 Å². The van der Waals surface area contributed by atoms with Crippen LogP contribution < -0.4 is 10.2 Å². The van der Waals surface area contributed by atoms with Gasteiger partial charge in [0, 0.05) is 37.3 Å². The highest BCUT2D eigenvalue weighted by Crippen LogP contribution is 2.43. The minimum absolute atomic E-state index is 0.260. The van der Waals surface area contributed by atoms with Gasteiger partial charge in [0.15, 0.2) is 11.6 Å². The van der Waals surface area contributed by atoms with E-state index in [0.717, 1.165) is 22.0 Å². The molecule has 1 saturated carbocycles. The zero-order valence-electron chi connectivity index (χ0n) is 17.1. The molecule has 1 amide bonds. The van der Waals surface area contributed by atoms with Gasteiger partial charge in [-0.05, 0) is 30.4 Å². The average molecular weight is 442 g/mol. The third kappa shape index (κ3) is 3.21. The summed E-state index contributed by atoms with van der Waals surface area (Å²) in [5.74, 6) is -0.899. The Hall–Kier alpha value is -3.14. The minimum Gasteiger partial charge on any atom is -0.374 e. The number of alkyl halides is 1. The lowest BCUT2D eigenvalue weighted by atomic mass is 10.0. The van der Waals surface area contributed by atoms with Gasteiger partial charge in [0.2, 0.25) is 5.91 Å². The van der Waals surface area contributed by atoms with Crippen LogP contribution >= 0.6 is 11.8 Å². The molecule has 31 heavy (non-hydrogen) atoms. The van der Waals surface area contributed by atoms with E-state index < -0.39 is 12.1 Å². The number of carbonyl (C=O) groups is 1. The monoisotopic (exact) mass is 442 g/mol. The molecule has 2 N–H and O–H groups in total. The second kappa shape index (κ2) is 7.23. The topological polar surface area (TPSA) is 78.3 Å². The van der Waals surface area contributed by atoms with Gasteiger partial charge in [0.25, 0.3) is 0 Å². The smallest absolute Gasteiger partial charge is 0.231 e. The lowest BCUT2D eigenvalue weighted by Gasteiger charge is -2.19. The van der Waals surface area contributed by atoms with E-state index in [1.165, 1.54) is 11.8 Å². The van der Waals surface area contributed by atoms with Gasteiger partial charge in [0.05, 0.1) is 33.7 Å². The summed E-state index contributed by atoms with van der Waals surface area (Å²) in [7, 11) is 3.59. The van der Waals surface area contributed by atoms with E-state index in [2.05, 4.69) is 20.6 Å². The van der Waals surface area contributed by atoms with Crippen LogP contribution in [0.4, 0.5) is 20.3 Å². The molecule has 3 aromatic heterocycles. The van der Waals surface area contributed by atoms with Gasteiger partial charge in [-0.25, -0.2) is 13.3 Å². The van der Waals surface area contributed by atoms with Crippen molar-refractivity contribution in [2.75, 3.05) is 30.6 Å². The van der Waals surface area contributed by atoms with E-state index in [1.54, 1.807) is 42.0 Å². The fraction of sp³-hybridized carbons (Fsp3) is 0.286. The number of pyridine rings is 1. The quantitative estimate of drug-likeness (QED) is 0.455. The number of anilines is 2. The number of carbonyl (C=O) groups excluding carboxylic acids is 1. The van der Waals surface area contributed by atoms with Crippen LogP contribution in [0.15, 0.2) is 35.5 Å². The average Bonchev–Trinajstić information content (AvgIpc) is 3.11. The summed E-state index contributed by atoms with van der Waals surface area (Å²) in [5.41, 5.74) is 3.36. The summed E-state index contributed by atoms with van der Waals surface area (Å²) >= 11 is 1.34. The molecule has 4 aromatic rings. The van der Waals surface area contributed by atoms with Crippen LogP contribution in [0.5, 0.6) is 0 Å². The Bertz CT molecular complexity index is 1330. The predicted molar refractivity (Wildman–Crippen MR) is 118 cm³/mol. The first kappa shape index (κ1) is 19.8. The summed E-state index contributed by atoms with van der Waals surface area (Å²) in [6.07, 6.45) is 4.49. The molecule has 2 atom stereocenters. The molecule has 160 valence electrons. The number of benzene rings is 1. The number of hydrogen-bond donors (Lipinski definition) is 2. The molecule has 0 saturated heterocycles. The molecule has 0 spiro atoms. The first-order valence-corrected chi connectivity index (χ1v) is 11.0. The summed E-state index contributed by atoms with van der Waals surface area (Å²) in [4.78, 5) is 14.3. The second-order valence-electron chi connectivity index (χ2n) is 7.79. The van der Waals surface area contributed by atoms with E-state index >= 15 is 4.39 Å². The van der Waals surface area contributed by atoms with Crippen molar-refractivity contribution in [3.63, 3.8) is 0 Å². The Kier molecular flexibility index (Phi) is 4.62. The molecule has 1 aliphatic rings. The molecular weight excluding hydrogens is 422 g/mol. The number of thioether (sulfide) groups is 1. The summed E-state index contributed by atoms with van der Waals surface area (Å²) in [6.45, 7) is 0. The van der Waals surface area contributed by atoms with E-state index in [-0.39, 0.29) is 18.1 Å². The zero-order chi connectivity index (χ0) is 21.9. The van der Waals surface area contributed by atoms with Gasteiger partial charge >= 0.3 is 0 Å². The highest BCUT2D eigenvalue weighted by Gasteiger charge is 2.43. The van der Waals surface area contributed by atoms with Crippen LogP contribution in [0.25, 0.3) is 27.5 Å². The van der Waals surface area contributed by atoms with Gasteiger partial charge in [-0.15, -0.1) is 11.8 Å². The van der Waals surface area contributed by atoms with Crippen molar-refractivity contribution < 1.29 is 13.6 Å². The number of nitrogens with zero attached hydrogens (tertiary/aromatic N) is 4. The predicted octanol–water partition coefficient (Wildman–Crippen LogP) is 4.10. The van der Waals surface area contributed by atoms with Gasteiger partial charge < -0.3 is 10.2 Å². The van der Waals surface area contributed by atoms with Crippen molar-refractivity contribution >= 4 is 45.6 Å². The van der Waals surface area contributed by atoms with Crippen molar-refractivity contribution in [3.8, 4) is 11.1 Å². The SMILES string of the molecule is CSc1c(F)c(N(C)C)c2[nH]ncc2c1-c1ccn2nc(NC(=O)[C@@H]3C[C@@H]3F)cc2c1. The number of aromatic amines is 1. The Morgan fingerprint density at radius 2 is 2.16 bits per heavy atom. The molecule has 0 radical (unpaired) electrons. The van der Waals surface area contributed by atoms with Gasteiger partial charge in [-0.3, -0.25) is 9.89 Å². The van der Waals surface area contributed by atoms with Gasteiger partial charge in [-0.1, -0.05) is 0 Å². The maximum absolute atomic E-state index is 15.4. The van der Waals surface area contributed by atoms with E-state index in [4.69, 9.17) is 0 Å². The van der Waals surface area contributed by atoms with Crippen LogP contribution in [0.3, 0.4) is 0 Å². The lowest BCUT2D eigenvalue weighted by molar-refractivity contribution is -0.117. The number of nitrogens with one attached hydrogen (secondary N) is 2. The van der Waals surface area contributed by atoms with Crippen LogP contribution in [-0.4, -0.2) is 52.2 Å². The van der Waals surface area contributed by atoms with Crippen molar-refractivity contribution in [2.24, 2.45) is 5.92 Å². The Balaban J connectivity index is 1.61. The van der Waals surface area contributed by atoms with Crippen molar-refractivity contribution in [3.05, 3.63) is 36.4 Å². The number of amides is 1. The van der Waals surface area contributed by atoms with Crippen LogP contribution in [0.1, 0.15) is 6.42 Å². The first-order chi connectivity index (χ1) is 14.9. The Labute approximate surface area is 180 Å². The third-order valence-corrected chi connectivity index (χ3v) is 6.28. The fourth-order valence-corrected chi connectivity index (χ4v) is 4.58. The van der Waals surface area contributed by atoms with Crippen LogP contribution in [-0.2, 0) is 4.79 Å². The maximum Gasteiger partial charge on any atom is 0.231 e. The molecule has 7 nitrogen and oxygen atoms in total. The number of hydrogen-bond acceptors (Lipinski definition) is 5. The van der Waals surface area contributed by atoms with E-state index in [9.17, 15) is 9.18 Å². The fourth-order valence-electron chi connectivity index (χ4n) is 3.87. The second-order valence-corrected chi connectivity index (χ2v) is 8.60. The van der Waals surface area contributed by atoms with Gasteiger partial charge in [-0.2, -0.15) is 10.2 Å². The maximum atomic E-state index is 15.4. The molecule has 0 bridgehead atoms. The molecule has 0 aliphatic heterocycles. The number of aromatic nitrogens is 4. The summed E-state index contributed by atoms with van der Waals surface area (Å²) in [5, 5.41) is 14.9. The number of rotatable bonds is 5. The van der Waals surface area contributed by atoms with Crippen molar-refractivity contribution in [1.82, 2.24) is 19.8 Å². The molecule has 0 unspecified atom stereocenters. The van der Waals surface area contributed by atoms with E-state index in [0.29, 0.717) is 21.9 Å². The van der Waals surface area contributed by atoms with Crippen molar-refractivity contribution in [1.29, 1.82) is 0 Å². The molecule has 1 aliphatic carbocycles. The first-order valence-electron chi connectivity index (χ1n) is 9.73. The molecule has 1 aromatic carbocycles. The summed E-state index contributed by atoms with van der Waals surface area (Å²) < 4.78 is 30.2. The third-order valence-electron chi connectivity index (χ3n) is 5.48. The number of halogens is 2.